The predicted octanol–water partition coefficient (Wildman–Crippen LogP) is 3.17. The van der Waals surface area contributed by atoms with Gasteiger partial charge in [0.2, 0.25) is 0 Å². The Balaban J connectivity index is 2.02. The van der Waals surface area contributed by atoms with Crippen LogP contribution < -0.4 is 5.32 Å². The lowest BCUT2D eigenvalue weighted by Crippen LogP contribution is -2.37. The second kappa shape index (κ2) is 6.98. The number of aliphatic imine (C=N–C) groups is 1. The highest BCUT2D eigenvalue weighted by Gasteiger charge is 2.32. The largest absolute Gasteiger partial charge is 0.465 e. The van der Waals surface area contributed by atoms with Crippen LogP contribution in [0.1, 0.15) is 23.2 Å². The van der Waals surface area contributed by atoms with Crippen molar-refractivity contribution in [2.75, 3.05) is 20.2 Å². The summed E-state index contributed by atoms with van der Waals surface area (Å²) in [5.74, 6) is -1.34. The number of benzene rings is 1. The lowest BCUT2D eigenvalue weighted by Gasteiger charge is -2.23. The number of thioether (sulfide) groups is 1. The Morgan fingerprint density at radius 1 is 1.54 bits per heavy atom. The van der Waals surface area contributed by atoms with Gasteiger partial charge in [-0.05, 0) is 25.0 Å². The van der Waals surface area contributed by atoms with Crippen molar-refractivity contribution in [3.63, 3.8) is 0 Å². The number of fused-ring (bicyclic) bond motifs is 1. The highest BCUT2D eigenvalue weighted by Crippen LogP contribution is 2.31. The van der Waals surface area contributed by atoms with E-state index in [1.807, 2.05) is 4.90 Å². The van der Waals surface area contributed by atoms with Gasteiger partial charge >= 0.3 is 5.97 Å². The molecule has 1 amide bonds. The molecule has 1 N–H and O–H groups in total. The molecule has 128 valence electrons. The molecular formula is C15H15ClFN3O3S. The van der Waals surface area contributed by atoms with Crippen LogP contribution in [0, 0.1) is 5.82 Å². The summed E-state index contributed by atoms with van der Waals surface area (Å²) in [4.78, 5) is 29.8. The Hall–Kier alpha value is -1.80. The van der Waals surface area contributed by atoms with Crippen LogP contribution in [0.4, 0.5) is 14.9 Å². The number of ether oxygens (including phenoxy) is 1. The van der Waals surface area contributed by atoms with Crippen molar-refractivity contribution >= 4 is 45.4 Å². The summed E-state index contributed by atoms with van der Waals surface area (Å²) in [5.41, 5.74) is -0.0244. The molecule has 24 heavy (non-hydrogen) atoms. The maximum atomic E-state index is 14.2. The third-order valence-electron chi connectivity index (χ3n) is 3.95. The van der Waals surface area contributed by atoms with Gasteiger partial charge in [0.1, 0.15) is 11.5 Å². The number of esters is 1. The first kappa shape index (κ1) is 17.0. The quantitative estimate of drug-likeness (QED) is 0.808. The number of halogens is 2. The van der Waals surface area contributed by atoms with Crippen molar-refractivity contribution in [1.82, 2.24) is 10.2 Å². The molecule has 0 aliphatic carbocycles. The predicted molar refractivity (Wildman–Crippen MR) is 90.6 cm³/mol. The molecule has 2 aliphatic rings. The number of carbonyl (C=O) groups excluding carboxylic acids is 2. The molecule has 1 aromatic carbocycles. The van der Waals surface area contributed by atoms with Crippen molar-refractivity contribution < 1.29 is 18.7 Å². The fourth-order valence-electron chi connectivity index (χ4n) is 2.76. The van der Waals surface area contributed by atoms with Gasteiger partial charge in [-0.25, -0.2) is 14.2 Å². The van der Waals surface area contributed by atoms with Crippen LogP contribution in [0.3, 0.4) is 0 Å². The topological polar surface area (TPSA) is 71.0 Å². The SMILES string of the molecule is COC(=O)c1cc(N=C2SC(=O)NCC3CCCN23)c(F)cc1Cl. The fourth-order valence-corrected chi connectivity index (χ4v) is 3.81. The molecule has 3 rings (SSSR count). The second-order valence-electron chi connectivity index (χ2n) is 5.43. The van der Waals surface area contributed by atoms with E-state index in [4.69, 9.17) is 11.6 Å². The standard InChI is InChI=1S/C15H15ClFN3O3S/c1-23-13(21)9-5-12(11(17)6-10(9)16)19-14-20-4-2-3-8(20)7-18-15(22)24-14/h5-6,8H,2-4,7H2,1H3,(H,18,22). The molecule has 0 aromatic heterocycles. The molecule has 0 radical (unpaired) electrons. The molecule has 6 nitrogen and oxygen atoms in total. The minimum Gasteiger partial charge on any atom is -0.465 e. The molecular weight excluding hydrogens is 357 g/mol. The van der Waals surface area contributed by atoms with Crippen molar-refractivity contribution in [2.45, 2.75) is 18.9 Å². The maximum absolute atomic E-state index is 14.2. The van der Waals surface area contributed by atoms with Crippen LogP contribution in [-0.4, -0.2) is 47.5 Å². The van der Waals surface area contributed by atoms with Gasteiger partial charge in [-0.2, -0.15) is 0 Å². The Labute approximate surface area is 147 Å². The first-order valence-corrected chi connectivity index (χ1v) is 8.57. The zero-order valence-electron chi connectivity index (χ0n) is 12.8. The van der Waals surface area contributed by atoms with E-state index in [2.05, 4.69) is 15.0 Å². The lowest BCUT2D eigenvalue weighted by atomic mass is 10.2. The van der Waals surface area contributed by atoms with Crippen LogP contribution >= 0.6 is 23.4 Å². The van der Waals surface area contributed by atoms with Gasteiger partial charge in [0, 0.05) is 30.9 Å². The Kier molecular flexibility index (Phi) is 4.96. The lowest BCUT2D eigenvalue weighted by molar-refractivity contribution is 0.0601. The molecule has 9 heteroatoms. The molecule has 2 aliphatic heterocycles. The van der Waals surface area contributed by atoms with Gasteiger partial charge in [0.15, 0.2) is 5.17 Å². The minimum atomic E-state index is -0.674. The number of hydrogen-bond acceptors (Lipinski definition) is 5. The molecule has 2 heterocycles. The van der Waals surface area contributed by atoms with E-state index in [0.717, 1.165) is 37.2 Å². The van der Waals surface area contributed by atoms with E-state index in [1.165, 1.54) is 13.2 Å². The van der Waals surface area contributed by atoms with Crippen LogP contribution in [0.2, 0.25) is 5.02 Å². The second-order valence-corrected chi connectivity index (χ2v) is 6.78. The molecule has 1 atom stereocenters. The van der Waals surface area contributed by atoms with Crippen molar-refractivity contribution in [3.8, 4) is 0 Å². The summed E-state index contributed by atoms with van der Waals surface area (Å²) in [7, 11) is 1.22. The minimum absolute atomic E-state index is 0.0287. The highest BCUT2D eigenvalue weighted by atomic mass is 35.5. The van der Waals surface area contributed by atoms with Crippen LogP contribution in [0.5, 0.6) is 0 Å². The van der Waals surface area contributed by atoms with E-state index < -0.39 is 11.8 Å². The smallest absolute Gasteiger partial charge is 0.339 e. The number of amidine groups is 1. The Bertz CT molecular complexity index is 728. The molecule has 1 aromatic rings. The summed E-state index contributed by atoms with van der Waals surface area (Å²) in [6.45, 7) is 1.30. The third kappa shape index (κ3) is 3.34. The van der Waals surface area contributed by atoms with E-state index in [0.29, 0.717) is 11.7 Å². The normalized spacial score (nSPS) is 22.1. The van der Waals surface area contributed by atoms with Crippen LogP contribution in [-0.2, 0) is 4.74 Å². The molecule has 0 bridgehead atoms. The number of amides is 1. The van der Waals surface area contributed by atoms with Crippen LogP contribution in [0.25, 0.3) is 0 Å². The molecule has 0 spiro atoms. The summed E-state index contributed by atoms with van der Waals surface area (Å²) in [5, 5.41) is 2.95. The average Bonchev–Trinajstić information content (AvgIpc) is 2.97. The van der Waals surface area contributed by atoms with Crippen molar-refractivity contribution in [3.05, 3.63) is 28.5 Å². The van der Waals surface area contributed by atoms with Gasteiger partial charge in [-0.15, -0.1) is 0 Å². The summed E-state index contributed by atoms with van der Waals surface area (Å²) < 4.78 is 18.9. The van der Waals surface area contributed by atoms with Crippen molar-refractivity contribution in [2.24, 2.45) is 4.99 Å². The third-order valence-corrected chi connectivity index (χ3v) is 5.10. The maximum Gasteiger partial charge on any atom is 0.339 e. The van der Waals surface area contributed by atoms with E-state index in [9.17, 15) is 14.0 Å². The number of methoxy groups -OCH3 is 1. The van der Waals surface area contributed by atoms with E-state index in [1.54, 1.807) is 0 Å². The number of carbonyl (C=O) groups is 2. The van der Waals surface area contributed by atoms with Gasteiger partial charge in [0.25, 0.3) is 5.24 Å². The van der Waals surface area contributed by atoms with Crippen molar-refractivity contribution in [1.29, 1.82) is 0 Å². The molecule has 2 saturated heterocycles. The molecule has 0 saturated carbocycles. The summed E-state index contributed by atoms with van der Waals surface area (Å²) in [6.07, 6.45) is 1.92. The number of nitrogens with one attached hydrogen (secondary N) is 1. The monoisotopic (exact) mass is 371 g/mol. The van der Waals surface area contributed by atoms with Gasteiger partial charge in [-0.1, -0.05) is 11.6 Å². The van der Waals surface area contributed by atoms with Gasteiger partial charge in [-0.3, -0.25) is 4.79 Å². The summed E-state index contributed by atoms with van der Waals surface area (Å²) in [6, 6.07) is 2.42. The van der Waals surface area contributed by atoms with E-state index in [-0.39, 0.29) is 27.6 Å². The number of hydrogen-bond donors (Lipinski definition) is 1. The molecule has 2 fully saturated rings. The first-order valence-electron chi connectivity index (χ1n) is 7.38. The highest BCUT2D eigenvalue weighted by molar-refractivity contribution is 8.26. The van der Waals surface area contributed by atoms with Gasteiger partial charge < -0.3 is 15.0 Å². The van der Waals surface area contributed by atoms with Gasteiger partial charge in [0.05, 0.1) is 17.7 Å². The summed E-state index contributed by atoms with van der Waals surface area (Å²) >= 11 is 6.81. The molecule has 1 unspecified atom stereocenters. The zero-order valence-corrected chi connectivity index (χ0v) is 14.4. The zero-order chi connectivity index (χ0) is 17.3. The average molecular weight is 372 g/mol. The first-order chi connectivity index (χ1) is 11.5. The van der Waals surface area contributed by atoms with E-state index >= 15 is 0 Å². The van der Waals surface area contributed by atoms with Crippen LogP contribution in [0.15, 0.2) is 17.1 Å². The number of nitrogens with zero attached hydrogens (tertiary/aromatic N) is 2. The fraction of sp³-hybridized carbons (Fsp3) is 0.400. The Morgan fingerprint density at radius 3 is 3.08 bits per heavy atom. The number of rotatable bonds is 2. The Morgan fingerprint density at radius 2 is 2.33 bits per heavy atom.